The van der Waals surface area contributed by atoms with E-state index in [4.69, 9.17) is 5.11 Å². The Balaban J connectivity index is 2.01. The Morgan fingerprint density at radius 3 is 1.51 bits per heavy atom. The average molecular weight is 552 g/mol. The zero-order valence-electron chi connectivity index (χ0n) is 24.3. The van der Waals surface area contributed by atoms with Crippen molar-refractivity contribution < 1.29 is 34.2 Å². The molecule has 1 rings (SSSR count). The first-order valence-corrected chi connectivity index (χ1v) is 15.5. The van der Waals surface area contributed by atoms with Gasteiger partial charge in [-0.1, -0.05) is 84.0 Å². The SMILES string of the molecule is CCC(=O)C[C@@H](CC(=O)C1CCN(C(=O)CCCCCCCCCCCCCCCCC(=O)O)CC1)C(=O)O. The molecule has 1 atom stereocenters. The lowest BCUT2D eigenvalue weighted by atomic mass is 9.85. The van der Waals surface area contributed by atoms with Gasteiger partial charge in [0.1, 0.15) is 11.6 Å². The smallest absolute Gasteiger partial charge is 0.307 e. The second-order valence-corrected chi connectivity index (χ2v) is 11.3. The number of aliphatic carboxylic acids is 2. The largest absolute Gasteiger partial charge is 0.481 e. The number of carbonyl (C=O) groups excluding carboxylic acids is 3. The van der Waals surface area contributed by atoms with Gasteiger partial charge >= 0.3 is 11.9 Å². The Kier molecular flexibility index (Phi) is 19.2. The number of rotatable bonds is 24. The quantitative estimate of drug-likeness (QED) is 0.130. The third kappa shape index (κ3) is 17.1. The minimum absolute atomic E-state index is 0.0885. The van der Waals surface area contributed by atoms with Crippen LogP contribution in [0.2, 0.25) is 0 Å². The van der Waals surface area contributed by atoms with E-state index in [0.29, 0.717) is 38.8 Å². The molecule has 1 amide bonds. The third-order valence-electron chi connectivity index (χ3n) is 8.00. The summed E-state index contributed by atoms with van der Waals surface area (Å²) in [6, 6.07) is 0. The summed E-state index contributed by atoms with van der Waals surface area (Å²) in [6.07, 6.45) is 18.2. The Morgan fingerprint density at radius 1 is 0.667 bits per heavy atom. The number of carbonyl (C=O) groups is 5. The van der Waals surface area contributed by atoms with E-state index in [0.717, 1.165) is 38.5 Å². The number of likely N-dealkylation sites (tertiary alicyclic amines) is 1. The molecule has 0 aliphatic carbocycles. The van der Waals surface area contributed by atoms with Crippen LogP contribution < -0.4 is 0 Å². The van der Waals surface area contributed by atoms with Gasteiger partial charge in [-0.15, -0.1) is 0 Å². The van der Waals surface area contributed by atoms with Gasteiger partial charge in [-0.05, 0) is 25.7 Å². The molecule has 0 aromatic carbocycles. The molecule has 0 radical (unpaired) electrons. The number of amides is 1. The molecule has 0 unspecified atom stereocenters. The van der Waals surface area contributed by atoms with Crippen LogP contribution in [0.25, 0.3) is 0 Å². The van der Waals surface area contributed by atoms with Crippen LogP contribution >= 0.6 is 0 Å². The fourth-order valence-electron chi connectivity index (χ4n) is 5.36. The Labute approximate surface area is 235 Å². The summed E-state index contributed by atoms with van der Waals surface area (Å²) in [4.78, 5) is 60.6. The van der Waals surface area contributed by atoms with Crippen LogP contribution in [0.5, 0.6) is 0 Å². The fourth-order valence-corrected chi connectivity index (χ4v) is 5.36. The average Bonchev–Trinajstić information content (AvgIpc) is 2.91. The lowest BCUT2D eigenvalue weighted by molar-refractivity contribution is -0.146. The van der Waals surface area contributed by atoms with Crippen molar-refractivity contribution in [3.63, 3.8) is 0 Å². The van der Waals surface area contributed by atoms with Crippen molar-refractivity contribution in [2.45, 2.75) is 142 Å². The maximum absolute atomic E-state index is 12.6. The number of Topliss-reactive ketones (excluding diaryl/α,β-unsaturated/α-hetero) is 2. The Hall–Kier alpha value is -2.25. The molecule has 39 heavy (non-hydrogen) atoms. The molecule has 1 fully saturated rings. The van der Waals surface area contributed by atoms with Crippen molar-refractivity contribution >= 4 is 29.4 Å². The third-order valence-corrected chi connectivity index (χ3v) is 8.00. The van der Waals surface area contributed by atoms with Gasteiger partial charge in [-0.2, -0.15) is 0 Å². The van der Waals surface area contributed by atoms with E-state index < -0.39 is 17.9 Å². The summed E-state index contributed by atoms with van der Waals surface area (Å²) in [5, 5.41) is 18.0. The number of nitrogens with zero attached hydrogens (tertiary/aromatic N) is 1. The first-order chi connectivity index (χ1) is 18.7. The molecule has 0 spiro atoms. The topological polar surface area (TPSA) is 129 Å². The van der Waals surface area contributed by atoms with Crippen LogP contribution in [0.1, 0.15) is 142 Å². The zero-order chi connectivity index (χ0) is 28.9. The normalized spacial score (nSPS) is 14.7. The van der Waals surface area contributed by atoms with Gasteiger partial charge in [0.05, 0.1) is 5.92 Å². The predicted molar refractivity (Wildman–Crippen MR) is 151 cm³/mol. The van der Waals surface area contributed by atoms with Crippen molar-refractivity contribution in [1.29, 1.82) is 0 Å². The maximum atomic E-state index is 12.6. The van der Waals surface area contributed by atoms with E-state index in [-0.39, 0.29) is 42.7 Å². The van der Waals surface area contributed by atoms with Crippen LogP contribution in [-0.2, 0) is 24.0 Å². The van der Waals surface area contributed by atoms with E-state index in [1.165, 1.54) is 51.4 Å². The standard InChI is InChI=1S/C31H53NO7/c1-2-27(33)23-26(31(38)39)24-28(34)25-19-21-32(22-20-25)29(35)17-15-13-11-9-7-5-3-4-6-8-10-12-14-16-18-30(36)37/h25-26H,2-24H2,1H3,(H,36,37)(H,38,39)/t26-/m0/s1. The van der Waals surface area contributed by atoms with Crippen LogP contribution in [-0.4, -0.2) is 57.6 Å². The minimum atomic E-state index is -1.09. The van der Waals surface area contributed by atoms with Crippen LogP contribution in [0.3, 0.4) is 0 Å². The summed E-state index contributed by atoms with van der Waals surface area (Å²) < 4.78 is 0. The maximum Gasteiger partial charge on any atom is 0.307 e. The highest BCUT2D eigenvalue weighted by molar-refractivity contribution is 5.89. The summed E-state index contributed by atoms with van der Waals surface area (Å²) >= 11 is 0. The van der Waals surface area contributed by atoms with Crippen molar-refractivity contribution in [1.82, 2.24) is 4.90 Å². The second-order valence-electron chi connectivity index (χ2n) is 11.3. The minimum Gasteiger partial charge on any atom is -0.481 e. The number of hydrogen-bond acceptors (Lipinski definition) is 5. The summed E-state index contributed by atoms with van der Waals surface area (Å²) in [7, 11) is 0. The van der Waals surface area contributed by atoms with Gasteiger partial charge in [0.15, 0.2) is 0 Å². The van der Waals surface area contributed by atoms with Gasteiger partial charge in [0, 0.05) is 51.1 Å². The van der Waals surface area contributed by atoms with E-state index >= 15 is 0 Å². The molecule has 1 saturated heterocycles. The lowest BCUT2D eigenvalue weighted by Crippen LogP contribution is -2.40. The van der Waals surface area contributed by atoms with E-state index in [1.807, 2.05) is 4.90 Å². The highest BCUT2D eigenvalue weighted by atomic mass is 16.4. The molecule has 1 heterocycles. The number of ketones is 2. The van der Waals surface area contributed by atoms with Crippen LogP contribution in [0.15, 0.2) is 0 Å². The number of carboxylic acid groups (broad SMARTS) is 2. The first kappa shape index (κ1) is 34.8. The highest BCUT2D eigenvalue weighted by Crippen LogP contribution is 2.24. The molecule has 8 heteroatoms. The number of carboxylic acids is 2. The monoisotopic (exact) mass is 551 g/mol. The molecule has 2 N–H and O–H groups in total. The van der Waals surface area contributed by atoms with Crippen molar-refractivity contribution in [3.05, 3.63) is 0 Å². The van der Waals surface area contributed by atoms with Crippen molar-refractivity contribution in [2.24, 2.45) is 11.8 Å². The highest BCUT2D eigenvalue weighted by Gasteiger charge is 2.31. The summed E-state index contributed by atoms with van der Waals surface area (Å²) in [5.74, 6) is -3.02. The first-order valence-electron chi connectivity index (χ1n) is 15.5. The molecule has 0 bridgehead atoms. The van der Waals surface area contributed by atoms with Gasteiger partial charge in [0.2, 0.25) is 5.91 Å². The van der Waals surface area contributed by atoms with Gasteiger partial charge in [-0.3, -0.25) is 24.0 Å². The van der Waals surface area contributed by atoms with Crippen LogP contribution in [0.4, 0.5) is 0 Å². The second kappa shape index (κ2) is 21.6. The molecule has 0 aromatic rings. The van der Waals surface area contributed by atoms with Gasteiger partial charge in [-0.25, -0.2) is 0 Å². The van der Waals surface area contributed by atoms with E-state index in [2.05, 4.69) is 0 Å². The molecule has 1 aliphatic heterocycles. The van der Waals surface area contributed by atoms with Gasteiger partial charge < -0.3 is 15.1 Å². The number of piperidine rings is 1. The molecular weight excluding hydrogens is 498 g/mol. The molecule has 8 nitrogen and oxygen atoms in total. The fraction of sp³-hybridized carbons (Fsp3) is 0.839. The molecule has 0 saturated carbocycles. The van der Waals surface area contributed by atoms with Crippen molar-refractivity contribution in [2.75, 3.05) is 13.1 Å². The molecule has 1 aliphatic rings. The Bertz CT molecular complexity index is 743. The van der Waals surface area contributed by atoms with Crippen LogP contribution in [0, 0.1) is 11.8 Å². The summed E-state index contributed by atoms with van der Waals surface area (Å²) in [6.45, 7) is 2.79. The van der Waals surface area contributed by atoms with E-state index in [1.54, 1.807) is 6.92 Å². The van der Waals surface area contributed by atoms with Crippen molar-refractivity contribution in [3.8, 4) is 0 Å². The van der Waals surface area contributed by atoms with Gasteiger partial charge in [0.25, 0.3) is 0 Å². The number of unbranched alkanes of at least 4 members (excludes halogenated alkanes) is 13. The zero-order valence-corrected chi connectivity index (χ0v) is 24.3. The molecule has 224 valence electrons. The molecular formula is C31H53NO7. The number of hydrogen-bond donors (Lipinski definition) is 2. The summed E-state index contributed by atoms with van der Waals surface area (Å²) in [5.41, 5.74) is 0. The predicted octanol–water partition coefficient (Wildman–Crippen LogP) is 6.58. The lowest BCUT2D eigenvalue weighted by Gasteiger charge is -2.31. The Morgan fingerprint density at radius 2 is 1.10 bits per heavy atom. The molecule has 0 aromatic heterocycles. The van der Waals surface area contributed by atoms with E-state index in [9.17, 15) is 29.1 Å².